The van der Waals surface area contributed by atoms with Gasteiger partial charge in [-0.2, -0.15) is 0 Å². The largest absolute Gasteiger partial charge is 0.494 e. The number of ether oxygens (including phenoxy) is 3. The van der Waals surface area contributed by atoms with Crippen molar-refractivity contribution in [3.63, 3.8) is 0 Å². The van der Waals surface area contributed by atoms with Crippen LogP contribution >= 0.6 is 0 Å². The van der Waals surface area contributed by atoms with Crippen molar-refractivity contribution in [1.82, 2.24) is 4.72 Å². The summed E-state index contributed by atoms with van der Waals surface area (Å²) in [5.41, 5.74) is -0.408. The van der Waals surface area contributed by atoms with Crippen molar-refractivity contribution in [3.05, 3.63) is 42.2 Å². The van der Waals surface area contributed by atoms with E-state index in [1.807, 2.05) is 0 Å². The van der Waals surface area contributed by atoms with E-state index in [0.29, 0.717) is 12.8 Å². The van der Waals surface area contributed by atoms with Gasteiger partial charge in [-0.1, -0.05) is 0 Å². The summed E-state index contributed by atoms with van der Waals surface area (Å²) in [6.45, 7) is 4.70. The third-order valence-corrected chi connectivity index (χ3v) is 9.42. The van der Waals surface area contributed by atoms with Gasteiger partial charge in [0.2, 0.25) is 10.0 Å². The lowest BCUT2D eigenvalue weighted by Crippen LogP contribution is -2.48. The lowest BCUT2D eigenvalue weighted by molar-refractivity contribution is 0.0636. The fourth-order valence-electron chi connectivity index (χ4n) is 3.78. The van der Waals surface area contributed by atoms with E-state index in [9.17, 15) is 26.0 Å². The first kappa shape index (κ1) is 27.9. The van der Waals surface area contributed by atoms with E-state index in [2.05, 4.69) is 10.0 Å². The first-order valence-electron chi connectivity index (χ1n) is 11.8. The maximum Gasteiger partial charge on any atom is 0.412 e. The molecule has 2 aromatic carbocycles. The molecule has 0 spiro atoms. The Labute approximate surface area is 221 Å². The van der Waals surface area contributed by atoms with Gasteiger partial charge in [0.25, 0.3) is 10.0 Å². The standard InChI is InChI=1S/C24H30FN3O8S2/c1-24(2,3)36-23(29)27-15-5-10-21-20(11-15)28(14-16(35-21)13-26-37(30,31)17-6-7-17)38(32,33)18-8-9-19(25)22(12-18)34-4/h5,8-12,16-17,26H,6-7,13-14H2,1-4H3,(H,27,29). The van der Waals surface area contributed by atoms with Gasteiger partial charge in [-0.15, -0.1) is 0 Å². The molecule has 0 aromatic heterocycles. The lowest BCUT2D eigenvalue weighted by Gasteiger charge is -2.36. The molecule has 14 heteroatoms. The number of amides is 1. The highest BCUT2D eigenvalue weighted by Crippen LogP contribution is 2.39. The number of nitrogens with one attached hydrogen (secondary N) is 2. The van der Waals surface area contributed by atoms with Gasteiger partial charge in [0.1, 0.15) is 17.5 Å². The van der Waals surface area contributed by atoms with E-state index < -0.39 is 48.9 Å². The van der Waals surface area contributed by atoms with Crippen LogP contribution in [0.3, 0.4) is 0 Å². The van der Waals surface area contributed by atoms with Gasteiger partial charge in [-0.25, -0.2) is 30.7 Å². The summed E-state index contributed by atoms with van der Waals surface area (Å²) >= 11 is 0. The first-order chi connectivity index (χ1) is 17.7. The minimum atomic E-state index is -4.30. The average Bonchev–Trinajstić information content (AvgIpc) is 3.67. The molecule has 1 amide bonds. The van der Waals surface area contributed by atoms with Crippen molar-refractivity contribution in [2.45, 2.75) is 55.5 Å². The van der Waals surface area contributed by atoms with Gasteiger partial charge in [0.05, 0.1) is 29.5 Å². The number of sulfonamides is 2. The summed E-state index contributed by atoms with van der Waals surface area (Å²) in [5, 5.41) is 2.11. The highest BCUT2D eigenvalue weighted by Gasteiger charge is 2.39. The molecule has 1 atom stereocenters. The number of carbonyl (C=O) groups excluding carboxylic acids is 1. The van der Waals surface area contributed by atoms with Crippen LogP contribution in [-0.4, -0.2) is 60.1 Å². The third-order valence-electron chi connectivity index (χ3n) is 5.72. The van der Waals surface area contributed by atoms with Crippen molar-refractivity contribution in [2.24, 2.45) is 0 Å². The van der Waals surface area contributed by atoms with E-state index >= 15 is 0 Å². The summed E-state index contributed by atoms with van der Waals surface area (Å²) in [7, 11) is -6.62. The number of hydrogen-bond acceptors (Lipinski definition) is 8. The van der Waals surface area contributed by atoms with Crippen LogP contribution in [0, 0.1) is 5.82 Å². The van der Waals surface area contributed by atoms with Crippen molar-refractivity contribution < 1.29 is 40.2 Å². The Morgan fingerprint density at radius 1 is 1.13 bits per heavy atom. The normalized spacial score (nSPS) is 17.8. The van der Waals surface area contributed by atoms with Crippen LogP contribution in [0.1, 0.15) is 33.6 Å². The van der Waals surface area contributed by atoms with E-state index in [-0.39, 0.29) is 40.9 Å². The average molecular weight is 572 g/mol. The predicted octanol–water partition coefficient (Wildman–Crippen LogP) is 3.22. The Hall–Kier alpha value is -3.10. The molecule has 0 bridgehead atoms. The van der Waals surface area contributed by atoms with Crippen molar-refractivity contribution >= 4 is 37.5 Å². The Balaban J connectivity index is 1.68. The quantitative estimate of drug-likeness (QED) is 0.492. The van der Waals surface area contributed by atoms with Gasteiger partial charge < -0.3 is 14.2 Å². The Bertz CT molecular complexity index is 1440. The van der Waals surface area contributed by atoms with E-state index in [1.54, 1.807) is 20.8 Å². The molecule has 1 fully saturated rings. The Kier molecular flexibility index (Phi) is 7.51. The second-order valence-corrected chi connectivity index (χ2v) is 13.9. The SMILES string of the molecule is COc1cc(S(=O)(=O)N2CC(CNS(=O)(=O)C3CC3)Oc3ccc(NC(=O)OC(C)(C)C)cc32)ccc1F. The van der Waals surface area contributed by atoms with Gasteiger partial charge in [-0.05, 0) is 63.9 Å². The molecule has 38 heavy (non-hydrogen) atoms. The fourth-order valence-corrected chi connectivity index (χ4v) is 6.70. The fraction of sp³-hybridized carbons (Fsp3) is 0.458. The Morgan fingerprint density at radius 3 is 2.47 bits per heavy atom. The highest BCUT2D eigenvalue weighted by atomic mass is 32.2. The maximum absolute atomic E-state index is 14.0. The topological polar surface area (TPSA) is 140 Å². The predicted molar refractivity (Wildman–Crippen MR) is 138 cm³/mol. The van der Waals surface area contributed by atoms with E-state index in [1.165, 1.54) is 25.3 Å². The zero-order valence-electron chi connectivity index (χ0n) is 21.4. The number of carbonyl (C=O) groups is 1. The van der Waals surface area contributed by atoms with E-state index in [4.69, 9.17) is 14.2 Å². The molecule has 1 aliphatic heterocycles. The minimum Gasteiger partial charge on any atom is -0.494 e. The zero-order chi connectivity index (χ0) is 27.9. The van der Waals surface area contributed by atoms with Crippen molar-refractivity contribution in [1.29, 1.82) is 0 Å². The molecule has 4 rings (SSSR count). The van der Waals surface area contributed by atoms with Crippen LogP contribution in [0.2, 0.25) is 0 Å². The molecule has 1 unspecified atom stereocenters. The van der Waals surface area contributed by atoms with Crippen molar-refractivity contribution in [2.75, 3.05) is 29.8 Å². The monoisotopic (exact) mass is 571 g/mol. The Morgan fingerprint density at radius 2 is 1.84 bits per heavy atom. The van der Waals surface area contributed by atoms with Gasteiger partial charge in [-0.3, -0.25) is 9.62 Å². The second-order valence-electron chi connectivity index (χ2n) is 9.97. The summed E-state index contributed by atoms with van der Waals surface area (Å²) in [6.07, 6.45) is -0.453. The number of methoxy groups -OCH3 is 1. The molecule has 1 heterocycles. The van der Waals surface area contributed by atoms with Crippen LogP contribution < -0.4 is 23.8 Å². The second kappa shape index (κ2) is 10.2. The molecule has 0 radical (unpaired) electrons. The number of nitrogens with zero attached hydrogens (tertiary/aromatic N) is 1. The van der Waals surface area contributed by atoms with Crippen LogP contribution in [0.5, 0.6) is 11.5 Å². The summed E-state index contributed by atoms with van der Waals surface area (Å²) in [5.74, 6) is -0.835. The number of anilines is 2. The van der Waals surface area contributed by atoms with Crippen molar-refractivity contribution in [3.8, 4) is 11.5 Å². The molecule has 0 saturated heterocycles. The number of rotatable bonds is 8. The van der Waals surface area contributed by atoms with Gasteiger partial charge >= 0.3 is 6.09 Å². The van der Waals surface area contributed by atoms with Crippen LogP contribution in [-0.2, 0) is 24.8 Å². The summed E-state index contributed by atoms with van der Waals surface area (Å²) < 4.78 is 85.9. The smallest absolute Gasteiger partial charge is 0.412 e. The third kappa shape index (κ3) is 6.30. The summed E-state index contributed by atoms with van der Waals surface area (Å²) in [4.78, 5) is 12.0. The maximum atomic E-state index is 14.0. The molecule has 208 valence electrons. The number of fused-ring (bicyclic) bond motifs is 1. The lowest BCUT2D eigenvalue weighted by atomic mass is 10.2. The van der Waals surface area contributed by atoms with Crippen LogP contribution in [0.4, 0.5) is 20.6 Å². The molecule has 2 aliphatic rings. The molecular formula is C24H30FN3O8S2. The van der Waals surface area contributed by atoms with Crippen LogP contribution in [0.15, 0.2) is 41.3 Å². The van der Waals surface area contributed by atoms with Crippen LogP contribution in [0.25, 0.3) is 0 Å². The number of halogens is 1. The molecular weight excluding hydrogens is 541 g/mol. The highest BCUT2D eigenvalue weighted by molar-refractivity contribution is 7.92. The first-order valence-corrected chi connectivity index (χ1v) is 14.8. The van der Waals surface area contributed by atoms with Gasteiger partial charge in [0, 0.05) is 18.3 Å². The molecule has 2 aromatic rings. The number of benzene rings is 2. The molecule has 1 saturated carbocycles. The summed E-state index contributed by atoms with van der Waals surface area (Å²) in [6, 6.07) is 7.53. The van der Waals surface area contributed by atoms with E-state index in [0.717, 1.165) is 22.5 Å². The molecule has 11 nitrogen and oxygen atoms in total. The molecule has 1 aliphatic carbocycles. The molecule has 2 N–H and O–H groups in total. The minimum absolute atomic E-state index is 0.100. The zero-order valence-corrected chi connectivity index (χ0v) is 23.0. The number of hydrogen-bond donors (Lipinski definition) is 2. The van der Waals surface area contributed by atoms with Gasteiger partial charge in [0.15, 0.2) is 11.6 Å².